The number of hydrogen-bond donors (Lipinski definition) is 0. The van der Waals surface area contributed by atoms with Crippen LogP contribution in [0.5, 0.6) is 0 Å². The highest BCUT2D eigenvalue weighted by atomic mass is 32.2. The largest absolute Gasteiger partial charge is 0.461 e. The number of carbonyl (C=O) groups is 6. The lowest BCUT2D eigenvalue weighted by Crippen LogP contribution is -2.36. The predicted octanol–water partition coefficient (Wildman–Crippen LogP) is -0.574. The van der Waals surface area contributed by atoms with Crippen LogP contribution in [-0.2, 0) is 185 Å². The van der Waals surface area contributed by atoms with Crippen LogP contribution in [0.1, 0.15) is 13.8 Å². The van der Waals surface area contributed by atoms with Crippen LogP contribution in [0.15, 0.2) is 12.2 Å². The fourth-order valence-electron chi connectivity index (χ4n) is 4.17. The summed E-state index contributed by atoms with van der Waals surface area (Å²) in [5, 5.41) is 0. The maximum atomic E-state index is 12.3. The SMILES string of the molecule is CC(C)OCCOC(=O)C1COS(=O)O1.COCCOC(=O)C1COS(=O)O1.O=C(OCC(F)(F)C(F)F)C1COS(=O)O1.O=C(OCC(F)(F)F)C1COS(=O)O1.O=C(OCC=C(F)F)C1COS(=O)O1.O=C(OCCF)C1COS(=O)O1. The van der Waals surface area contributed by atoms with Crippen LogP contribution in [0.3, 0.4) is 0 Å². The van der Waals surface area contributed by atoms with E-state index in [1.54, 1.807) is 0 Å². The van der Waals surface area contributed by atoms with Gasteiger partial charge >= 0.3 is 123 Å². The van der Waals surface area contributed by atoms with Crippen molar-refractivity contribution in [3.8, 4) is 0 Å². The predicted molar refractivity (Wildman–Crippen MR) is 246 cm³/mol. The minimum atomic E-state index is -4.59. The van der Waals surface area contributed by atoms with E-state index in [0.29, 0.717) is 19.3 Å². The summed E-state index contributed by atoms with van der Waals surface area (Å²) < 4.78 is 269. The van der Waals surface area contributed by atoms with Crippen LogP contribution >= 0.6 is 0 Å². The molecule has 6 aliphatic rings. The maximum Gasteiger partial charge on any atom is 0.422 e. The Morgan fingerprint density at radius 2 is 0.774 bits per heavy atom. The van der Waals surface area contributed by atoms with Crippen LogP contribution in [0.2, 0.25) is 0 Å². The lowest BCUT2D eigenvalue weighted by atomic mass is 10.3. The molecule has 32 nitrogen and oxygen atoms in total. The Morgan fingerprint density at radius 1 is 0.476 bits per heavy atom. The molecule has 0 aromatic carbocycles. The highest BCUT2D eigenvalue weighted by molar-refractivity contribution is 7.76. The van der Waals surface area contributed by atoms with Gasteiger partial charge in [-0.1, -0.05) is 0 Å². The number of hydrogen-bond acceptors (Lipinski definition) is 32. The van der Waals surface area contributed by atoms with Gasteiger partial charge < -0.3 is 37.9 Å². The normalized spacial score (nSPS) is 26.8. The second-order valence-electron chi connectivity index (χ2n) is 14.6. The molecule has 0 saturated carbocycles. The second-order valence-corrected chi connectivity index (χ2v) is 19.6. The Morgan fingerprint density at radius 3 is 1.04 bits per heavy atom. The van der Waals surface area contributed by atoms with Gasteiger partial charge in [-0.25, -0.2) is 41.9 Å². The summed E-state index contributed by atoms with van der Waals surface area (Å²) in [7, 11) is 1.50. The molecule has 0 aromatic heterocycles. The fourth-order valence-corrected chi connectivity index (χ4v) is 7.85. The molecule has 12 unspecified atom stereocenters. The first kappa shape index (κ1) is 78.2. The lowest BCUT2D eigenvalue weighted by molar-refractivity contribution is -0.190. The molecule has 490 valence electrons. The zero-order chi connectivity index (χ0) is 63.6. The van der Waals surface area contributed by atoms with Crippen molar-refractivity contribution in [2.75, 3.05) is 106 Å². The number of esters is 6. The summed E-state index contributed by atoms with van der Waals surface area (Å²) >= 11 is -11.7. The molecule has 6 fully saturated rings. The molecule has 6 aliphatic heterocycles. The first-order chi connectivity index (χ1) is 39.4. The number of halogens is 10. The molecule has 0 bridgehead atoms. The number of alkyl halides is 8. The minimum Gasteiger partial charge on any atom is -0.461 e. The van der Waals surface area contributed by atoms with Gasteiger partial charge in [0, 0.05) is 13.2 Å². The quantitative estimate of drug-likeness (QED) is 0.0601. The smallest absolute Gasteiger partial charge is 0.422 e. The van der Waals surface area contributed by atoms with Crippen LogP contribution in [0.4, 0.5) is 43.9 Å². The Labute approximate surface area is 481 Å². The molecule has 12 atom stereocenters. The fraction of sp³-hybridized carbons (Fsp3) is 0.778. The van der Waals surface area contributed by atoms with Crippen LogP contribution in [0.25, 0.3) is 0 Å². The van der Waals surface area contributed by atoms with Crippen molar-refractivity contribution >= 4 is 104 Å². The number of carbonyl (C=O) groups excluding carboxylic acids is 6. The van der Waals surface area contributed by atoms with Crippen LogP contribution in [0, 0.1) is 0 Å². The van der Waals surface area contributed by atoms with Gasteiger partial charge in [-0.2, -0.15) is 56.0 Å². The van der Waals surface area contributed by atoms with Crippen molar-refractivity contribution in [2.24, 2.45) is 0 Å². The van der Waals surface area contributed by atoms with E-state index in [-0.39, 0.29) is 59.0 Å². The Balaban J connectivity index is 0.000000505. The summed E-state index contributed by atoms with van der Waals surface area (Å²) in [5.41, 5.74) is 0. The van der Waals surface area contributed by atoms with Crippen molar-refractivity contribution < 1.29 is 186 Å². The van der Waals surface area contributed by atoms with Crippen molar-refractivity contribution in [3.63, 3.8) is 0 Å². The summed E-state index contributed by atoms with van der Waals surface area (Å²) in [6, 6.07) is 0. The monoisotopic (exact) mass is 1370 g/mol. The zero-order valence-corrected chi connectivity index (χ0v) is 47.5. The highest BCUT2D eigenvalue weighted by Gasteiger charge is 2.44. The third-order valence-electron chi connectivity index (χ3n) is 7.84. The van der Waals surface area contributed by atoms with Gasteiger partial charge in [-0.15, -0.1) is 0 Å². The first-order valence-electron chi connectivity index (χ1n) is 22.1. The van der Waals surface area contributed by atoms with Gasteiger partial charge in [0.15, 0.2) is 49.8 Å². The molecule has 0 aromatic rings. The maximum absolute atomic E-state index is 12.3. The molecule has 0 aliphatic carbocycles. The molecular formula is C36H48F10O32S6. The Kier molecular flexibility index (Phi) is 39.2. The van der Waals surface area contributed by atoms with E-state index in [9.17, 15) is 97.9 Å². The average molecular weight is 1380 g/mol. The summed E-state index contributed by atoms with van der Waals surface area (Å²) in [6.45, 7) is -1.52. The molecule has 6 saturated heterocycles. The van der Waals surface area contributed by atoms with Gasteiger partial charge in [0.05, 0.1) is 19.3 Å². The van der Waals surface area contributed by atoms with E-state index in [0.717, 1.165) is 0 Å². The van der Waals surface area contributed by atoms with E-state index in [4.69, 9.17) is 14.2 Å². The van der Waals surface area contributed by atoms with Crippen molar-refractivity contribution in [1.29, 1.82) is 0 Å². The molecule has 48 heteroatoms. The average Bonchev–Trinajstić information content (AvgIpc) is 4.41. The molecule has 6 rings (SSSR count). The summed E-state index contributed by atoms with van der Waals surface area (Å²) in [5.74, 6) is -9.78. The first-order valence-corrected chi connectivity index (χ1v) is 28.1. The van der Waals surface area contributed by atoms with E-state index in [1.807, 2.05) is 13.8 Å². The van der Waals surface area contributed by atoms with E-state index in [2.05, 4.69) is 73.9 Å². The van der Waals surface area contributed by atoms with E-state index in [1.165, 1.54) is 7.11 Å². The number of rotatable bonds is 21. The van der Waals surface area contributed by atoms with Gasteiger partial charge in [0.1, 0.15) is 72.7 Å². The van der Waals surface area contributed by atoms with Crippen molar-refractivity contribution in [3.05, 3.63) is 12.2 Å². The molecule has 84 heavy (non-hydrogen) atoms. The minimum absolute atomic E-state index is 0.0293. The van der Waals surface area contributed by atoms with E-state index >= 15 is 0 Å². The summed E-state index contributed by atoms with van der Waals surface area (Å²) in [6.07, 6.45) is -16.6. The van der Waals surface area contributed by atoms with Gasteiger partial charge in [0.2, 0.25) is 0 Å². The molecule has 0 amide bonds. The van der Waals surface area contributed by atoms with Crippen LogP contribution in [-0.4, -0.2) is 229 Å². The molecule has 0 radical (unpaired) electrons. The molecule has 0 spiro atoms. The van der Waals surface area contributed by atoms with Crippen molar-refractivity contribution in [1.82, 2.24) is 0 Å². The molecule has 0 N–H and O–H groups in total. The highest BCUT2D eigenvalue weighted by Crippen LogP contribution is 2.24. The molecule has 6 heterocycles. The third-order valence-corrected chi connectivity index (χ3v) is 12.1. The topological polar surface area (TPSA) is 389 Å². The third kappa shape index (κ3) is 35.7. The van der Waals surface area contributed by atoms with E-state index < -0.39 is 198 Å². The van der Waals surface area contributed by atoms with Crippen LogP contribution < -0.4 is 0 Å². The number of methoxy groups -OCH3 is 1. The molecular weight excluding hydrogens is 1330 g/mol. The number of ether oxygens (including phenoxy) is 8. The second kappa shape index (κ2) is 42.1. The van der Waals surface area contributed by atoms with Gasteiger partial charge in [0.25, 0.3) is 6.08 Å². The zero-order valence-electron chi connectivity index (χ0n) is 42.6. The van der Waals surface area contributed by atoms with Gasteiger partial charge in [-0.3, -0.25) is 50.2 Å². The Hall–Kier alpha value is -3.80. The van der Waals surface area contributed by atoms with Crippen molar-refractivity contribution in [2.45, 2.75) is 75.1 Å². The Bertz CT molecular complexity index is 2250. The summed E-state index contributed by atoms with van der Waals surface area (Å²) in [4.78, 5) is 65.7. The lowest BCUT2D eigenvalue weighted by Gasteiger charge is -2.15. The standard InChI is InChI=1S/C8H14O6S.C6H6F4O5S.C6H6F2O5S.C6H10O6S.C5H5F3O5S.C5H7FO5S/c1-6(2)11-3-4-12-8(9)7-5-13-15(10)14-7;7-5(8)6(9,10)2-13-4(11)3-1-14-16(12)15-3;7-5(8)1-2-11-6(9)4-3-12-14(10)13-4;1-9-2-3-10-6(7)5-4-11-13(8)12-5;6-5(7,8)2-11-4(9)3-1-12-14(10)13-3;6-1-2-9-5(7)4-3-10-12(8)11-4/h6-7H,3-5H2,1-2H3;3,5H,1-2H2;1,4H,2-3H2;5H,2-4H2,1H3;3H,1-2H2;4H,1-3H2. The van der Waals surface area contributed by atoms with Gasteiger partial charge in [-0.05, 0) is 13.8 Å².